The quantitative estimate of drug-likeness (QED) is 0.847. The summed E-state index contributed by atoms with van der Waals surface area (Å²) < 4.78 is 0. The average Bonchev–Trinajstić information content (AvgIpc) is 2.53. The highest BCUT2D eigenvalue weighted by Gasteiger charge is 2.17. The summed E-state index contributed by atoms with van der Waals surface area (Å²) in [6.45, 7) is 8.85. The van der Waals surface area contributed by atoms with Crippen molar-refractivity contribution in [2.24, 2.45) is 0 Å². The second kappa shape index (κ2) is 7.73. The second-order valence-electron chi connectivity index (χ2n) is 6.09. The molecular weight excluding hydrogens is 262 g/mol. The van der Waals surface area contributed by atoms with Gasteiger partial charge in [-0.2, -0.15) is 0 Å². The first-order chi connectivity index (χ1) is 10.1. The minimum Gasteiger partial charge on any atom is -0.354 e. The predicted octanol–water partition coefficient (Wildman–Crippen LogP) is 1.05. The van der Waals surface area contributed by atoms with E-state index in [-0.39, 0.29) is 0 Å². The molecule has 0 aliphatic carbocycles. The van der Waals surface area contributed by atoms with Gasteiger partial charge in [-0.25, -0.2) is 4.98 Å². The van der Waals surface area contributed by atoms with Crippen LogP contribution in [0.25, 0.3) is 0 Å². The molecule has 0 spiro atoms. The molecule has 5 nitrogen and oxygen atoms in total. The first kappa shape index (κ1) is 16.2. The fourth-order valence-electron chi connectivity index (χ4n) is 2.55. The van der Waals surface area contributed by atoms with Crippen molar-refractivity contribution in [2.75, 3.05) is 65.3 Å². The molecule has 0 aromatic carbocycles. The number of hydrogen-bond donors (Lipinski definition) is 1. The van der Waals surface area contributed by atoms with Gasteiger partial charge in [0, 0.05) is 51.5 Å². The van der Waals surface area contributed by atoms with Gasteiger partial charge in [-0.3, -0.25) is 4.90 Å². The molecule has 0 bridgehead atoms. The standard InChI is InChI=1S/C16H29N5/c1-14(17-2)15-5-6-16(18-13-15)21-11-9-20(10-12-21)8-7-19(3)4/h5-6,13-14,17H,7-12H2,1-4H3. The largest absolute Gasteiger partial charge is 0.354 e. The van der Waals surface area contributed by atoms with Gasteiger partial charge in [0.25, 0.3) is 0 Å². The van der Waals surface area contributed by atoms with E-state index in [1.807, 2.05) is 13.2 Å². The Morgan fingerprint density at radius 3 is 2.48 bits per heavy atom. The van der Waals surface area contributed by atoms with Gasteiger partial charge in [-0.15, -0.1) is 0 Å². The Morgan fingerprint density at radius 2 is 1.95 bits per heavy atom. The number of nitrogens with one attached hydrogen (secondary N) is 1. The van der Waals surface area contributed by atoms with Crippen molar-refractivity contribution >= 4 is 5.82 Å². The van der Waals surface area contributed by atoms with Gasteiger partial charge in [-0.05, 0) is 39.7 Å². The average molecular weight is 291 g/mol. The van der Waals surface area contributed by atoms with E-state index >= 15 is 0 Å². The number of piperazine rings is 1. The molecule has 1 aliphatic heterocycles. The number of hydrogen-bond acceptors (Lipinski definition) is 5. The third kappa shape index (κ3) is 4.66. The maximum absolute atomic E-state index is 4.63. The molecule has 1 atom stereocenters. The summed E-state index contributed by atoms with van der Waals surface area (Å²) in [5, 5.41) is 3.24. The van der Waals surface area contributed by atoms with Gasteiger partial charge < -0.3 is 15.1 Å². The van der Waals surface area contributed by atoms with Crippen molar-refractivity contribution in [3.8, 4) is 0 Å². The van der Waals surface area contributed by atoms with Crippen LogP contribution in [-0.2, 0) is 0 Å². The van der Waals surface area contributed by atoms with Crippen LogP contribution in [0.2, 0.25) is 0 Å². The number of rotatable bonds is 6. The van der Waals surface area contributed by atoms with Crippen molar-refractivity contribution in [3.63, 3.8) is 0 Å². The van der Waals surface area contributed by atoms with Gasteiger partial charge in [-0.1, -0.05) is 6.07 Å². The molecule has 0 saturated carbocycles. The molecule has 1 N–H and O–H groups in total. The predicted molar refractivity (Wildman–Crippen MR) is 88.9 cm³/mol. The Morgan fingerprint density at radius 1 is 1.24 bits per heavy atom. The molecule has 1 unspecified atom stereocenters. The Bertz CT molecular complexity index is 409. The number of anilines is 1. The van der Waals surface area contributed by atoms with Crippen LogP contribution in [0.3, 0.4) is 0 Å². The Hall–Kier alpha value is -1.17. The molecule has 21 heavy (non-hydrogen) atoms. The summed E-state index contributed by atoms with van der Waals surface area (Å²) in [4.78, 5) is 11.8. The summed E-state index contributed by atoms with van der Waals surface area (Å²) in [5.74, 6) is 1.11. The fourth-order valence-corrected chi connectivity index (χ4v) is 2.55. The Labute approximate surface area is 128 Å². The zero-order valence-electron chi connectivity index (χ0n) is 13.8. The van der Waals surface area contributed by atoms with E-state index < -0.39 is 0 Å². The maximum Gasteiger partial charge on any atom is 0.128 e. The topological polar surface area (TPSA) is 34.6 Å². The normalized spacial score (nSPS) is 18.2. The van der Waals surface area contributed by atoms with Crippen molar-refractivity contribution in [1.29, 1.82) is 0 Å². The van der Waals surface area contributed by atoms with Crippen molar-refractivity contribution in [3.05, 3.63) is 23.9 Å². The SMILES string of the molecule is CNC(C)c1ccc(N2CCN(CCN(C)C)CC2)nc1. The zero-order valence-corrected chi connectivity index (χ0v) is 13.8. The monoisotopic (exact) mass is 291 g/mol. The molecule has 1 aromatic heterocycles. The highest BCUT2D eigenvalue weighted by atomic mass is 15.3. The molecule has 118 valence electrons. The minimum absolute atomic E-state index is 0.356. The number of aromatic nitrogens is 1. The molecule has 1 aromatic rings. The van der Waals surface area contributed by atoms with E-state index in [4.69, 9.17) is 0 Å². The van der Waals surface area contributed by atoms with E-state index in [2.05, 4.69) is 58.2 Å². The summed E-state index contributed by atoms with van der Waals surface area (Å²) in [6, 6.07) is 4.69. The van der Waals surface area contributed by atoms with Crippen LogP contribution in [0.5, 0.6) is 0 Å². The smallest absolute Gasteiger partial charge is 0.128 e. The third-order valence-electron chi connectivity index (χ3n) is 4.26. The van der Waals surface area contributed by atoms with Crippen LogP contribution in [0.15, 0.2) is 18.3 Å². The molecule has 1 aliphatic rings. The first-order valence-electron chi connectivity index (χ1n) is 7.85. The van der Waals surface area contributed by atoms with Crippen LogP contribution >= 0.6 is 0 Å². The van der Waals surface area contributed by atoms with E-state index in [0.29, 0.717) is 6.04 Å². The molecule has 1 saturated heterocycles. The fraction of sp³-hybridized carbons (Fsp3) is 0.688. The van der Waals surface area contributed by atoms with Crippen molar-refractivity contribution in [1.82, 2.24) is 20.1 Å². The summed E-state index contributed by atoms with van der Waals surface area (Å²) in [7, 11) is 6.24. The number of likely N-dealkylation sites (N-methyl/N-ethyl adjacent to an activating group) is 1. The molecule has 0 radical (unpaired) electrons. The van der Waals surface area contributed by atoms with Gasteiger partial charge in [0.2, 0.25) is 0 Å². The lowest BCUT2D eigenvalue weighted by molar-refractivity contribution is 0.229. The molecule has 5 heteroatoms. The lowest BCUT2D eigenvalue weighted by atomic mass is 10.1. The molecule has 2 rings (SSSR count). The van der Waals surface area contributed by atoms with Gasteiger partial charge >= 0.3 is 0 Å². The lowest BCUT2D eigenvalue weighted by Gasteiger charge is -2.35. The van der Waals surface area contributed by atoms with Gasteiger partial charge in [0.05, 0.1) is 0 Å². The highest BCUT2D eigenvalue weighted by Crippen LogP contribution is 2.17. The molecule has 2 heterocycles. The maximum atomic E-state index is 4.63. The number of pyridine rings is 1. The lowest BCUT2D eigenvalue weighted by Crippen LogP contribution is -2.48. The van der Waals surface area contributed by atoms with E-state index in [1.54, 1.807) is 0 Å². The number of nitrogens with zero attached hydrogens (tertiary/aromatic N) is 4. The molecular formula is C16H29N5. The van der Waals surface area contributed by atoms with Crippen LogP contribution in [0.4, 0.5) is 5.82 Å². The highest BCUT2D eigenvalue weighted by molar-refractivity contribution is 5.40. The third-order valence-corrected chi connectivity index (χ3v) is 4.26. The summed E-state index contributed by atoms with van der Waals surface area (Å²) >= 11 is 0. The van der Waals surface area contributed by atoms with Crippen LogP contribution < -0.4 is 10.2 Å². The van der Waals surface area contributed by atoms with Gasteiger partial charge in [0.15, 0.2) is 0 Å². The summed E-state index contributed by atoms with van der Waals surface area (Å²) in [6.07, 6.45) is 1.99. The van der Waals surface area contributed by atoms with Gasteiger partial charge in [0.1, 0.15) is 5.82 Å². The van der Waals surface area contributed by atoms with Crippen LogP contribution in [0.1, 0.15) is 18.5 Å². The Balaban J connectivity index is 1.84. The van der Waals surface area contributed by atoms with Crippen LogP contribution in [0, 0.1) is 0 Å². The minimum atomic E-state index is 0.356. The van der Waals surface area contributed by atoms with E-state index in [9.17, 15) is 0 Å². The van der Waals surface area contributed by atoms with Crippen molar-refractivity contribution < 1.29 is 0 Å². The van der Waals surface area contributed by atoms with Crippen molar-refractivity contribution in [2.45, 2.75) is 13.0 Å². The zero-order chi connectivity index (χ0) is 15.2. The summed E-state index contributed by atoms with van der Waals surface area (Å²) in [5.41, 5.74) is 1.24. The van der Waals surface area contributed by atoms with Crippen LogP contribution in [-0.4, -0.2) is 75.2 Å². The first-order valence-corrected chi connectivity index (χ1v) is 7.85. The Kier molecular flexibility index (Phi) is 5.96. The second-order valence-corrected chi connectivity index (χ2v) is 6.09. The molecule has 0 amide bonds. The molecule has 1 fully saturated rings. The van der Waals surface area contributed by atoms with E-state index in [0.717, 1.165) is 45.1 Å². The van der Waals surface area contributed by atoms with E-state index in [1.165, 1.54) is 5.56 Å².